The van der Waals surface area contributed by atoms with Gasteiger partial charge in [0.05, 0.1) is 33.0 Å². The number of benzene rings is 2. The number of ketones is 1. The number of hydrogen-bond acceptors (Lipinski definition) is 11. The molecule has 18 heteroatoms. The summed E-state index contributed by atoms with van der Waals surface area (Å²) in [5.41, 5.74) is -3.42. The highest BCUT2D eigenvalue weighted by atomic mass is 19.4. The molecule has 2 atom stereocenters. The van der Waals surface area contributed by atoms with Crippen molar-refractivity contribution >= 4 is 11.7 Å². The minimum absolute atomic E-state index is 0.0406. The van der Waals surface area contributed by atoms with Crippen LogP contribution in [-0.4, -0.2) is 69.6 Å². The number of alkyl halides is 6. The van der Waals surface area contributed by atoms with Crippen molar-refractivity contribution in [2.24, 2.45) is 0 Å². The number of carbonyl (C=O) groups excluding carboxylic acids is 2. The van der Waals surface area contributed by atoms with Gasteiger partial charge in [0.2, 0.25) is 23.0 Å². The normalized spacial score (nSPS) is 13.1. The number of Topliss-reactive ketones (excluding diaryl/α,β-unsaturated/α-hetero) is 1. The zero-order chi connectivity index (χ0) is 50.5. The molecule has 5 rings (SSSR count). The van der Waals surface area contributed by atoms with E-state index in [1.807, 2.05) is 6.92 Å². The van der Waals surface area contributed by atoms with E-state index < -0.39 is 67.1 Å². The van der Waals surface area contributed by atoms with Crippen LogP contribution in [0.25, 0.3) is 11.6 Å². The van der Waals surface area contributed by atoms with E-state index >= 15 is 0 Å². The van der Waals surface area contributed by atoms with Crippen molar-refractivity contribution in [3.05, 3.63) is 169 Å². The van der Waals surface area contributed by atoms with Crippen molar-refractivity contribution in [1.82, 2.24) is 25.5 Å². The van der Waals surface area contributed by atoms with E-state index in [0.717, 1.165) is 37.0 Å². The molecule has 0 saturated carbocycles. The minimum Gasteiger partial charge on any atom is -0.477 e. The third-order valence-corrected chi connectivity index (χ3v) is 10.2. The molecule has 3 heterocycles. The van der Waals surface area contributed by atoms with E-state index in [1.54, 1.807) is 97.9 Å². The maximum atomic E-state index is 14.3. The quantitative estimate of drug-likeness (QED) is 0.0244. The molecule has 0 radical (unpaired) electrons. The average molecular weight is 964 g/mol. The number of allylic oxidation sites excluding steroid dienone is 2. The maximum Gasteiger partial charge on any atom is 0.426 e. The highest BCUT2D eigenvalue weighted by Gasteiger charge is 2.62. The molecule has 5 aromatic rings. The van der Waals surface area contributed by atoms with Crippen LogP contribution in [0.4, 0.5) is 26.3 Å². The van der Waals surface area contributed by atoms with Gasteiger partial charge in [-0.3, -0.25) is 9.59 Å². The first-order valence-corrected chi connectivity index (χ1v) is 21.7. The summed E-state index contributed by atoms with van der Waals surface area (Å²) in [5, 5.41) is 9.59. The molecular formula is C51H55F6N5O7. The second kappa shape index (κ2) is 26.0. The van der Waals surface area contributed by atoms with Gasteiger partial charge >= 0.3 is 12.4 Å². The van der Waals surface area contributed by atoms with E-state index in [1.165, 1.54) is 6.07 Å². The lowest BCUT2D eigenvalue weighted by Crippen LogP contribution is -2.59. The van der Waals surface area contributed by atoms with Gasteiger partial charge in [-0.2, -0.15) is 26.3 Å². The van der Waals surface area contributed by atoms with Gasteiger partial charge in [-0.05, 0) is 62.8 Å². The van der Waals surface area contributed by atoms with Crippen LogP contribution in [0.1, 0.15) is 77.2 Å². The molecule has 69 heavy (non-hydrogen) atoms. The number of nitrogens with one attached hydrogen (secondary N) is 1. The fourth-order valence-electron chi connectivity index (χ4n) is 6.30. The summed E-state index contributed by atoms with van der Waals surface area (Å²) < 4.78 is 113. The maximum absolute atomic E-state index is 14.3. The number of pyridine rings is 2. The van der Waals surface area contributed by atoms with Gasteiger partial charge < -0.3 is 28.7 Å². The Morgan fingerprint density at radius 2 is 1.19 bits per heavy atom. The number of rotatable bonds is 26. The van der Waals surface area contributed by atoms with Crippen molar-refractivity contribution in [2.75, 3.05) is 19.8 Å². The van der Waals surface area contributed by atoms with Gasteiger partial charge in [-0.15, -0.1) is 36.5 Å². The molecule has 0 spiro atoms. The summed E-state index contributed by atoms with van der Waals surface area (Å²) in [6.45, 7) is 17.0. The van der Waals surface area contributed by atoms with Gasteiger partial charge in [0, 0.05) is 24.0 Å². The molecule has 0 bridgehead atoms. The fraction of sp³-hybridized carbons (Fsp3) is 0.333. The van der Waals surface area contributed by atoms with E-state index in [-0.39, 0.29) is 29.8 Å². The summed E-state index contributed by atoms with van der Waals surface area (Å²) in [7, 11) is 0. The molecule has 3 aromatic heterocycles. The molecule has 0 aliphatic carbocycles. The number of aryl methyl sites for hydroxylation is 2. The third kappa shape index (κ3) is 15.0. The van der Waals surface area contributed by atoms with E-state index in [9.17, 15) is 35.9 Å². The van der Waals surface area contributed by atoms with Gasteiger partial charge in [0.25, 0.3) is 17.7 Å². The lowest BCUT2D eigenvalue weighted by Gasteiger charge is -2.33. The van der Waals surface area contributed by atoms with Crippen LogP contribution in [0, 0.1) is 13.8 Å². The largest absolute Gasteiger partial charge is 0.477 e. The molecule has 2 unspecified atom stereocenters. The Labute approximate surface area is 397 Å². The van der Waals surface area contributed by atoms with Gasteiger partial charge in [-0.25, -0.2) is 9.97 Å². The van der Waals surface area contributed by atoms with Crippen LogP contribution in [0.3, 0.4) is 0 Å². The van der Waals surface area contributed by atoms with E-state index in [2.05, 4.69) is 51.8 Å². The number of unbranched alkanes of at least 4 members (excludes halogenated alkanes) is 2. The van der Waals surface area contributed by atoms with Crippen molar-refractivity contribution in [3.63, 3.8) is 0 Å². The first-order chi connectivity index (χ1) is 32.9. The minimum atomic E-state index is -5.06. The lowest BCUT2D eigenvalue weighted by molar-refractivity contribution is -0.295. The zero-order valence-electron chi connectivity index (χ0n) is 38.4. The number of amides is 1. The number of carbonyl (C=O) groups is 2. The summed E-state index contributed by atoms with van der Waals surface area (Å²) >= 11 is 0. The SMILES string of the molecule is C=CCCCOc1nc(-c2nnc(C(CC=C)(OCc3ccccc3)C(F)(F)F)o2)ccc1C.C=CCCCOc1nc(C(=O)CNC(=O)C(CC=C)(OCc2ccccc2)C(F)(F)F)ccc1C. The highest BCUT2D eigenvalue weighted by Crippen LogP contribution is 2.46. The highest BCUT2D eigenvalue weighted by molar-refractivity contribution is 5.99. The molecule has 0 saturated heterocycles. The lowest BCUT2D eigenvalue weighted by atomic mass is 9.96. The standard InChI is InChI=1S/C26H29F3N2O4.C25H26F3N3O3/c1-4-6-10-16-34-23-19(3)13-14-21(31-23)22(32)17-30-24(33)25(15-5-2,26(27,28)29)35-18-20-11-8-7-9-12-20;1-4-6-10-16-32-21-18(3)13-14-20(29-21)22-30-31-23(34-22)24(15-5-2,25(26,27)28)33-17-19-11-8-7-9-12-19/h4-5,7-9,11-14H,1-2,6,10,15-18H2,3H3,(H,30,33);4-5,7-9,11-14H,1-2,6,10,15-17H2,3H3. The number of nitrogens with zero attached hydrogens (tertiary/aromatic N) is 4. The molecular weight excluding hydrogens is 909 g/mol. The van der Waals surface area contributed by atoms with Crippen molar-refractivity contribution in [2.45, 2.75) is 89.1 Å². The Balaban J connectivity index is 0.000000301. The van der Waals surface area contributed by atoms with Crippen LogP contribution >= 0.6 is 0 Å². The predicted molar refractivity (Wildman–Crippen MR) is 247 cm³/mol. The summed E-state index contributed by atoms with van der Waals surface area (Å²) in [4.78, 5) is 33.9. The summed E-state index contributed by atoms with van der Waals surface area (Å²) in [5.74, 6) is -2.47. The molecule has 0 fully saturated rings. The smallest absolute Gasteiger partial charge is 0.426 e. The second-order valence-corrected chi connectivity index (χ2v) is 15.4. The number of hydrogen-bond donors (Lipinski definition) is 1. The van der Waals surface area contributed by atoms with Crippen LogP contribution in [0.2, 0.25) is 0 Å². The second-order valence-electron chi connectivity index (χ2n) is 15.4. The fourth-order valence-corrected chi connectivity index (χ4v) is 6.30. The summed E-state index contributed by atoms with van der Waals surface area (Å²) in [6, 6.07) is 23.0. The van der Waals surface area contributed by atoms with Gasteiger partial charge in [0.15, 0.2) is 5.78 Å². The molecule has 1 N–H and O–H groups in total. The first kappa shape index (κ1) is 54.7. The van der Waals surface area contributed by atoms with E-state index in [0.29, 0.717) is 42.2 Å². The number of aromatic nitrogens is 4. The Kier molecular flexibility index (Phi) is 20.6. The van der Waals surface area contributed by atoms with Gasteiger partial charge in [-0.1, -0.05) is 97.1 Å². The van der Waals surface area contributed by atoms with Crippen molar-refractivity contribution in [3.8, 4) is 23.3 Å². The molecule has 1 amide bonds. The third-order valence-electron chi connectivity index (χ3n) is 10.2. The Morgan fingerprint density at radius 3 is 1.71 bits per heavy atom. The Morgan fingerprint density at radius 1 is 0.652 bits per heavy atom. The van der Waals surface area contributed by atoms with E-state index in [4.69, 9.17) is 23.4 Å². The Bertz CT molecular complexity index is 2460. The predicted octanol–water partition coefficient (Wildman–Crippen LogP) is 11.5. The zero-order valence-corrected chi connectivity index (χ0v) is 38.4. The topological polar surface area (TPSA) is 148 Å². The van der Waals surface area contributed by atoms with Crippen molar-refractivity contribution in [1.29, 1.82) is 0 Å². The first-order valence-electron chi connectivity index (χ1n) is 21.7. The number of halogens is 6. The van der Waals surface area contributed by atoms with Crippen LogP contribution < -0.4 is 14.8 Å². The molecule has 0 aliphatic rings. The average Bonchev–Trinajstić information content (AvgIpc) is 3.83. The molecule has 12 nitrogen and oxygen atoms in total. The van der Waals surface area contributed by atoms with Crippen LogP contribution in [0.5, 0.6) is 11.8 Å². The molecule has 0 aliphatic heterocycles. The van der Waals surface area contributed by atoms with Crippen molar-refractivity contribution < 1.29 is 59.3 Å². The molecule has 368 valence electrons. The summed E-state index contributed by atoms with van der Waals surface area (Å²) in [6.07, 6.45) is -2.72. The molecule has 2 aromatic carbocycles. The Hall–Kier alpha value is -6.92. The van der Waals surface area contributed by atoms with Gasteiger partial charge in [0.1, 0.15) is 11.4 Å². The van der Waals surface area contributed by atoms with Crippen LogP contribution in [0.15, 0.2) is 140 Å². The number of ether oxygens (including phenoxy) is 4. The monoisotopic (exact) mass is 963 g/mol. The van der Waals surface area contributed by atoms with Crippen LogP contribution in [-0.2, 0) is 33.1 Å².